The summed E-state index contributed by atoms with van der Waals surface area (Å²) >= 11 is 0. The number of methoxy groups -OCH3 is 2. The minimum atomic E-state index is -0.557. The van der Waals surface area contributed by atoms with E-state index in [4.69, 9.17) is 14.2 Å². The molecule has 5 heteroatoms. The van der Waals surface area contributed by atoms with Crippen LogP contribution in [-0.2, 0) is 4.74 Å². The van der Waals surface area contributed by atoms with Gasteiger partial charge in [-0.05, 0) is 44.5 Å². The molecule has 2 rings (SSSR count). The van der Waals surface area contributed by atoms with E-state index in [-0.39, 0.29) is 0 Å². The molecule has 24 heavy (non-hydrogen) atoms. The Balaban J connectivity index is 2.37. The van der Waals surface area contributed by atoms with Gasteiger partial charge in [-0.15, -0.1) is 0 Å². The van der Waals surface area contributed by atoms with Crippen LogP contribution in [0.4, 0.5) is 10.5 Å². The zero-order valence-electron chi connectivity index (χ0n) is 14.7. The number of hydrogen-bond donors (Lipinski definition) is 1. The average molecular weight is 329 g/mol. The third-order valence-electron chi connectivity index (χ3n) is 3.23. The predicted molar refractivity (Wildman–Crippen MR) is 94.8 cm³/mol. The summed E-state index contributed by atoms with van der Waals surface area (Å²) in [7, 11) is 3.20. The SMILES string of the molecule is COc1cc(OC)cc(-c2ccccc2NC(=O)OC(C)(C)C)c1. The molecule has 0 bridgehead atoms. The Hall–Kier alpha value is -2.69. The molecule has 0 saturated carbocycles. The van der Waals surface area contributed by atoms with Crippen LogP contribution in [0.1, 0.15) is 20.8 Å². The molecule has 0 aliphatic heterocycles. The fourth-order valence-corrected chi connectivity index (χ4v) is 2.22. The Morgan fingerprint density at radius 3 is 2.08 bits per heavy atom. The summed E-state index contributed by atoms with van der Waals surface area (Å²) in [4.78, 5) is 12.1. The van der Waals surface area contributed by atoms with E-state index in [1.165, 1.54) is 0 Å². The van der Waals surface area contributed by atoms with Crippen LogP contribution in [0.15, 0.2) is 42.5 Å². The van der Waals surface area contributed by atoms with Crippen molar-refractivity contribution in [3.8, 4) is 22.6 Å². The summed E-state index contributed by atoms with van der Waals surface area (Å²) < 4.78 is 16.0. The molecule has 0 aliphatic rings. The van der Waals surface area contributed by atoms with Gasteiger partial charge in [-0.2, -0.15) is 0 Å². The second-order valence-electron chi connectivity index (χ2n) is 6.27. The van der Waals surface area contributed by atoms with Crippen molar-refractivity contribution < 1.29 is 19.0 Å². The number of anilines is 1. The van der Waals surface area contributed by atoms with E-state index < -0.39 is 11.7 Å². The number of carbonyl (C=O) groups is 1. The predicted octanol–water partition coefficient (Wildman–Crippen LogP) is 4.72. The molecule has 0 heterocycles. The van der Waals surface area contributed by atoms with Crippen LogP contribution in [-0.4, -0.2) is 25.9 Å². The Kier molecular flexibility index (Phi) is 5.34. The summed E-state index contributed by atoms with van der Waals surface area (Å²) in [6.45, 7) is 5.47. The minimum absolute atomic E-state index is 0.496. The van der Waals surface area contributed by atoms with Gasteiger partial charge >= 0.3 is 6.09 Å². The summed E-state index contributed by atoms with van der Waals surface area (Å²) in [5.74, 6) is 1.35. The number of para-hydroxylation sites is 1. The lowest BCUT2D eigenvalue weighted by molar-refractivity contribution is 0.0636. The molecule has 1 N–H and O–H groups in total. The van der Waals surface area contributed by atoms with Crippen LogP contribution in [0.25, 0.3) is 11.1 Å². The van der Waals surface area contributed by atoms with Crippen LogP contribution in [0.3, 0.4) is 0 Å². The molecular formula is C19H23NO4. The first-order valence-corrected chi connectivity index (χ1v) is 7.65. The normalized spacial score (nSPS) is 10.9. The number of benzene rings is 2. The van der Waals surface area contributed by atoms with Crippen LogP contribution in [0, 0.1) is 0 Å². The van der Waals surface area contributed by atoms with Crippen LogP contribution in [0.2, 0.25) is 0 Å². The molecule has 0 aliphatic carbocycles. The zero-order valence-corrected chi connectivity index (χ0v) is 14.7. The molecule has 2 aromatic rings. The van der Waals surface area contributed by atoms with E-state index in [1.807, 2.05) is 57.2 Å². The molecule has 128 valence electrons. The molecule has 0 fully saturated rings. The minimum Gasteiger partial charge on any atom is -0.497 e. The molecule has 1 amide bonds. The Morgan fingerprint density at radius 1 is 0.958 bits per heavy atom. The van der Waals surface area contributed by atoms with Crippen LogP contribution < -0.4 is 14.8 Å². The highest BCUT2D eigenvalue weighted by molar-refractivity contribution is 5.92. The molecule has 0 saturated heterocycles. The van der Waals surface area contributed by atoms with Gasteiger partial charge in [0.25, 0.3) is 0 Å². The summed E-state index contributed by atoms with van der Waals surface area (Å²) in [6, 6.07) is 13.1. The monoisotopic (exact) mass is 329 g/mol. The lowest BCUT2D eigenvalue weighted by Crippen LogP contribution is -2.27. The van der Waals surface area contributed by atoms with Gasteiger partial charge in [0.2, 0.25) is 0 Å². The van der Waals surface area contributed by atoms with Gasteiger partial charge in [-0.1, -0.05) is 18.2 Å². The van der Waals surface area contributed by atoms with E-state index in [0.717, 1.165) is 11.1 Å². The van der Waals surface area contributed by atoms with Crippen molar-refractivity contribution in [3.05, 3.63) is 42.5 Å². The van der Waals surface area contributed by atoms with Gasteiger partial charge in [0.05, 0.1) is 19.9 Å². The number of rotatable bonds is 4. The molecule has 2 aromatic carbocycles. The highest BCUT2D eigenvalue weighted by Gasteiger charge is 2.17. The Morgan fingerprint density at radius 2 is 1.54 bits per heavy atom. The maximum atomic E-state index is 12.1. The molecular weight excluding hydrogens is 306 g/mol. The van der Waals surface area contributed by atoms with Gasteiger partial charge in [-0.25, -0.2) is 4.79 Å². The van der Waals surface area contributed by atoms with Crippen molar-refractivity contribution >= 4 is 11.8 Å². The van der Waals surface area contributed by atoms with Crippen molar-refractivity contribution in [2.24, 2.45) is 0 Å². The molecule has 0 unspecified atom stereocenters. The van der Waals surface area contributed by atoms with Crippen LogP contribution in [0.5, 0.6) is 11.5 Å². The number of carbonyl (C=O) groups excluding carboxylic acids is 1. The molecule has 5 nitrogen and oxygen atoms in total. The fourth-order valence-electron chi connectivity index (χ4n) is 2.22. The summed E-state index contributed by atoms with van der Waals surface area (Å²) in [5, 5.41) is 2.80. The lowest BCUT2D eigenvalue weighted by Gasteiger charge is -2.20. The number of amides is 1. The maximum absolute atomic E-state index is 12.1. The Labute approximate surface area is 142 Å². The standard InChI is InChI=1S/C19H23NO4/c1-19(2,3)24-18(21)20-17-9-7-6-8-16(17)13-10-14(22-4)12-15(11-13)23-5/h6-12H,1-5H3,(H,20,21). The van der Waals surface area contributed by atoms with Crippen LogP contribution >= 0.6 is 0 Å². The first-order valence-electron chi connectivity index (χ1n) is 7.65. The smallest absolute Gasteiger partial charge is 0.412 e. The largest absolute Gasteiger partial charge is 0.497 e. The number of ether oxygens (including phenoxy) is 3. The summed E-state index contributed by atoms with van der Waals surface area (Å²) in [6.07, 6.45) is -0.496. The number of nitrogens with one attached hydrogen (secondary N) is 1. The van der Waals surface area contributed by atoms with Gasteiger partial charge in [0.1, 0.15) is 17.1 Å². The second-order valence-corrected chi connectivity index (χ2v) is 6.27. The lowest BCUT2D eigenvalue weighted by atomic mass is 10.0. The maximum Gasteiger partial charge on any atom is 0.412 e. The molecule has 0 aromatic heterocycles. The van der Waals surface area contributed by atoms with Crippen molar-refractivity contribution in [3.63, 3.8) is 0 Å². The highest BCUT2D eigenvalue weighted by atomic mass is 16.6. The first kappa shape index (κ1) is 17.7. The van der Waals surface area contributed by atoms with Gasteiger partial charge < -0.3 is 14.2 Å². The van der Waals surface area contributed by atoms with E-state index in [1.54, 1.807) is 20.3 Å². The summed E-state index contributed by atoms with van der Waals surface area (Å²) in [5.41, 5.74) is 1.82. The van der Waals surface area contributed by atoms with Gasteiger partial charge in [0.15, 0.2) is 0 Å². The first-order chi connectivity index (χ1) is 11.3. The van der Waals surface area contributed by atoms with Crippen molar-refractivity contribution in [2.45, 2.75) is 26.4 Å². The van der Waals surface area contributed by atoms with Gasteiger partial charge in [0, 0.05) is 11.6 Å². The quantitative estimate of drug-likeness (QED) is 0.882. The fraction of sp³-hybridized carbons (Fsp3) is 0.316. The van der Waals surface area contributed by atoms with Gasteiger partial charge in [-0.3, -0.25) is 5.32 Å². The average Bonchev–Trinajstić information content (AvgIpc) is 2.53. The van der Waals surface area contributed by atoms with E-state index >= 15 is 0 Å². The van der Waals surface area contributed by atoms with Crippen molar-refractivity contribution in [2.75, 3.05) is 19.5 Å². The second kappa shape index (κ2) is 7.25. The molecule has 0 spiro atoms. The molecule has 0 radical (unpaired) electrons. The van der Waals surface area contributed by atoms with E-state index in [2.05, 4.69) is 5.32 Å². The third-order valence-corrected chi connectivity index (χ3v) is 3.23. The van der Waals surface area contributed by atoms with Crippen molar-refractivity contribution in [1.29, 1.82) is 0 Å². The Bertz CT molecular complexity index is 697. The topological polar surface area (TPSA) is 56.8 Å². The third kappa shape index (κ3) is 4.65. The molecule has 0 atom stereocenters. The zero-order chi connectivity index (χ0) is 17.7. The van der Waals surface area contributed by atoms with E-state index in [0.29, 0.717) is 17.2 Å². The van der Waals surface area contributed by atoms with Crippen molar-refractivity contribution in [1.82, 2.24) is 0 Å². The highest BCUT2D eigenvalue weighted by Crippen LogP contribution is 2.34. The van der Waals surface area contributed by atoms with E-state index in [9.17, 15) is 4.79 Å². The number of hydrogen-bond acceptors (Lipinski definition) is 4.